The molecule has 20 heavy (non-hydrogen) atoms. The Balaban J connectivity index is 1.74. The van der Waals surface area contributed by atoms with Gasteiger partial charge in [0.25, 0.3) is 0 Å². The fourth-order valence-electron chi connectivity index (χ4n) is 2.84. The van der Waals surface area contributed by atoms with Crippen molar-refractivity contribution in [3.8, 4) is 0 Å². The van der Waals surface area contributed by atoms with Gasteiger partial charge >= 0.3 is 0 Å². The van der Waals surface area contributed by atoms with Crippen molar-refractivity contribution in [3.05, 3.63) is 39.4 Å². The van der Waals surface area contributed by atoms with Crippen LogP contribution in [0, 0.1) is 6.92 Å². The van der Waals surface area contributed by atoms with Crippen molar-refractivity contribution in [2.24, 2.45) is 0 Å². The topological polar surface area (TPSA) is 29.3 Å². The summed E-state index contributed by atoms with van der Waals surface area (Å²) in [5.74, 6) is 1.47. The molecule has 1 saturated heterocycles. The Morgan fingerprint density at radius 1 is 1.45 bits per heavy atom. The van der Waals surface area contributed by atoms with Crippen molar-refractivity contribution in [2.45, 2.75) is 52.1 Å². The minimum atomic E-state index is 0.400. The van der Waals surface area contributed by atoms with Gasteiger partial charge in [0.1, 0.15) is 0 Å². The first-order valence-electron chi connectivity index (χ1n) is 7.39. The zero-order valence-corrected chi connectivity index (χ0v) is 13.2. The molecule has 2 aromatic heterocycles. The van der Waals surface area contributed by atoms with E-state index in [9.17, 15) is 0 Å². The highest BCUT2D eigenvalue weighted by Gasteiger charge is 2.29. The van der Waals surface area contributed by atoms with Crippen LogP contribution in [0.1, 0.15) is 59.9 Å². The van der Waals surface area contributed by atoms with Crippen molar-refractivity contribution in [3.63, 3.8) is 0 Å². The van der Waals surface area contributed by atoms with E-state index in [4.69, 9.17) is 4.52 Å². The largest absolute Gasteiger partial charge is 0.359 e. The third-order valence-electron chi connectivity index (χ3n) is 3.99. The lowest BCUT2D eigenvalue weighted by molar-refractivity contribution is 0.208. The summed E-state index contributed by atoms with van der Waals surface area (Å²) in [4.78, 5) is 5.35. The Morgan fingerprint density at radius 2 is 2.30 bits per heavy atom. The number of aryl methyl sites for hydroxylation is 1. The Bertz CT molecular complexity index is 573. The molecule has 108 valence electrons. The van der Waals surface area contributed by atoms with Crippen LogP contribution < -0.4 is 0 Å². The number of hydrogen-bond acceptors (Lipinski definition) is 4. The molecule has 0 aromatic carbocycles. The highest BCUT2D eigenvalue weighted by Crippen LogP contribution is 2.35. The molecule has 0 saturated carbocycles. The number of thiophene rings is 1. The summed E-state index contributed by atoms with van der Waals surface area (Å²) in [6.45, 7) is 8.66. The first-order valence-corrected chi connectivity index (χ1v) is 8.21. The number of likely N-dealkylation sites (tertiary alicyclic amines) is 1. The van der Waals surface area contributed by atoms with E-state index in [1.165, 1.54) is 22.6 Å². The van der Waals surface area contributed by atoms with Crippen LogP contribution in [0.5, 0.6) is 0 Å². The van der Waals surface area contributed by atoms with Crippen molar-refractivity contribution < 1.29 is 4.52 Å². The van der Waals surface area contributed by atoms with E-state index < -0.39 is 0 Å². The Morgan fingerprint density at radius 3 is 2.95 bits per heavy atom. The quantitative estimate of drug-likeness (QED) is 0.830. The maximum atomic E-state index is 5.59. The van der Waals surface area contributed by atoms with Gasteiger partial charge in [-0.25, -0.2) is 0 Å². The Hall–Kier alpha value is -1.13. The van der Waals surface area contributed by atoms with E-state index in [0.717, 1.165) is 24.5 Å². The molecule has 3 heterocycles. The van der Waals surface area contributed by atoms with Gasteiger partial charge in [-0.2, -0.15) is 0 Å². The molecule has 0 bridgehead atoms. The fraction of sp³-hybridized carbons (Fsp3) is 0.562. The van der Waals surface area contributed by atoms with E-state index >= 15 is 0 Å². The SMILES string of the molecule is Cc1ccc(CN2CCCC2c2cc(C(C)C)no2)s1. The van der Waals surface area contributed by atoms with Gasteiger partial charge in [0.05, 0.1) is 11.7 Å². The van der Waals surface area contributed by atoms with Crippen molar-refractivity contribution in [1.29, 1.82) is 0 Å². The molecular formula is C16H22N2OS. The lowest BCUT2D eigenvalue weighted by atomic mass is 10.1. The van der Waals surface area contributed by atoms with E-state index in [2.05, 4.69) is 49.0 Å². The van der Waals surface area contributed by atoms with E-state index in [0.29, 0.717) is 12.0 Å². The summed E-state index contributed by atoms with van der Waals surface area (Å²) in [5.41, 5.74) is 1.07. The zero-order valence-electron chi connectivity index (χ0n) is 12.4. The van der Waals surface area contributed by atoms with E-state index in [-0.39, 0.29) is 0 Å². The van der Waals surface area contributed by atoms with Crippen molar-refractivity contribution in [1.82, 2.24) is 10.1 Å². The van der Waals surface area contributed by atoms with Gasteiger partial charge in [-0.3, -0.25) is 4.90 Å². The van der Waals surface area contributed by atoms with Crippen LogP contribution in [-0.2, 0) is 6.54 Å². The summed E-state index contributed by atoms with van der Waals surface area (Å²) in [5, 5.41) is 4.21. The van der Waals surface area contributed by atoms with Crippen molar-refractivity contribution in [2.75, 3.05) is 6.54 Å². The highest BCUT2D eigenvalue weighted by atomic mass is 32.1. The first kappa shape index (κ1) is 13.8. The summed E-state index contributed by atoms with van der Waals surface area (Å²) in [6.07, 6.45) is 2.42. The van der Waals surface area contributed by atoms with Gasteiger partial charge in [-0.15, -0.1) is 11.3 Å². The minimum absolute atomic E-state index is 0.400. The van der Waals surface area contributed by atoms with Gasteiger partial charge in [0, 0.05) is 22.4 Å². The number of aromatic nitrogens is 1. The summed E-state index contributed by atoms with van der Waals surface area (Å²) in [6, 6.07) is 7.00. The van der Waals surface area contributed by atoms with Crippen LogP contribution in [0.3, 0.4) is 0 Å². The lowest BCUT2D eigenvalue weighted by Gasteiger charge is -2.21. The third kappa shape index (κ3) is 2.81. The molecule has 1 unspecified atom stereocenters. The van der Waals surface area contributed by atoms with Crippen LogP contribution in [0.4, 0.5) is 0 Å². The minimum Gasteiger partial charge on any atom is -0.359 e. The van der Waals surface area contributed by atoms with Crippen LogP contribution in [0.2, 0.25) is 0 Å². The van der Waals surface area contributed by atoms with Crippen LogP contribution in [0.25, 0.3) is 0 Å². The van der Waals surface area contributed by atoms with Gasteiger partial charge in [-0.05, 0) is 44.4 Å². The van der Waals surface area contributed by atoms with Gasteiger partial charge in [-0.1, -0.05) is 19.0 Å². The predicted molar refractivity (Wildman–Crippen MR) is 82.0 cm³/mol. The predicted octanol–water partition coefficient (Wildman–Crippen LogP) is 4.51. The molecule has 0 N–H and O–H groups in total. The molecule has 0 radical (unpaired) electrons. The fourth-order valence-corrected chi connectivity index (χ4v) is 3.76. The summed E-state index contributed by atoms with van der Waals surface area (Å²) >= 11 is 1.89. The summed E-state index contributed by atoms with van der Waals surface area (Å²) in [7, 11) is 0. The van der Waals surface area contributed by atoms with Crippen molar-refractivity contribution >= 4 is 11.3 Å². The maximum absolute atomic E-state index is 5.59. The van der Waals surface area contributed by atoms with Crippen LogP contribution in [-0.4, -0.2) is 16.6 Å². The standard InChI is InChI=1S/C16H22N2OS/c1-11(2)14-9-16(19-17-14)15-5-4-8-18(15)10-13-7-6-12(3)20-13/h6-7,9,11,15H,4-5,8,10H2,1-3H3. The molecule has 1 atom stereocenters. The van der Waals surface area contributed by atoms with Gasteiger partial charge in [0.2, 0.25) is 0 Å². The highest BCUT2D eigenvalue weighted by molar-refractivity contribution is 7.11. The second kappa shape index (κ2) is 5.70. The van der Waals surface area contributed by atoms with Gasteiger partial charge in [0.15, 0.2) is 5.76 Å². The number of hydrogen-bond donors (Lipinski definition) is 0. The number of nitrogens with zero attached hydrogens (tertiary/aromatic N) is 2. The number of rotatable bonds is 4. The Kier molecular flexibility index (Phi) is 3.94. The molecule has 4 heteroatoms. The van der Waals surface area contributed by atoms with Crippen LogP contribution in [0.15, 0.2) is 22.7 Å². The maximum Gasteiger partial charge on any atom is 0.154 e. The average Bonchev–Trinajstić information content (AvgIpc) is 3.10. The molecule has 0 aliphatic carbocycles. The molecule has 0 spiro atoms. The molecule has 1 aliphatic rings. The zero-order chi connectivity index (χ0) is 14.1. The summed E-state index contributed by atoms with van der Waals surface area (Å²) < 4.78 is 5.59. The van der Waals surface area contributed by atoms with E-state index in [1.54, 1.807) is 0 Å². The second-order valence-electron chi connectivity index (χ2n) is 5.95. The third-order valence-corrected chi connectivity index (χ3v) is 4.97. The lowest BCUT2D eigenvalue weighted by Crippen LogP contribution is -2.21. The molecule has 3 nitrogen and oxygen atoms in total. The Labute approximate surface area is 124 Å². The monoisotopic (exact) mass is 290 g/mol. The molecule has 0 amide bonds. The smallest absolute Gasteiger partial charge is 0.154 e. The van der Waals surface area contributed by atoms with E-state index in [1.807, 2.05) is 11.3 Å². The normalized spacial score (nSPS) is 20.1. The molecular weight excluding hydrogens is 268 g/mol. The first-order chi connectivity index (χ1) is 9.63. The second-order valence-corrected chi connectivity index (χ2v) is 7.32. The van der Waals surface area contributed by atoms with Gasteiger partial charge < -0.3 is 4.52 Å². The molecule has 1 fully saturated rings. The molecule has 1 aliphatic heterocycles. The molecule has 2 aromatic rings. The average molecular weight is 290 g/mol. The molecule has 3 rings (SSSR count). The van der Waals surface area contributed by atoms with Crippen LogP contribution >= 0.6 is 11.3 Å².